The van der Waals surface area contributed by atoms with Crippen molar-refractivity contribution >= 4 is 31.9 Å². The van der Waals surface area contributed by atoms with Gasteiger partial charge in [0, 0.05) is 6.42 Å². The van der Waals surface area contributed by atoms with Crippen molar-refractivity contribution in [2.24, 2.45) is 0 Å². The zero-order valence-electron chi connectivity index (χ0n) is 5.00. The van der Waals surface area contributed by atoms with Crippen LogP contribution in [0.2, 0.25) is 0 Å². The number of amides is 1. The van der Waals surface area contributed by atoms with Crippen LogP contribution in [0.25, 0.3) is 0 Å². The van der Waals surface area contributed by atoms with Crippen molar-refractivity contribution in [1.29, 1.82) is 0 Å². The van der Waals surface area contributed by atoms with Crippen molar-refractivity contribution in [1.82, 2.24) is 4.72 Å². The third-order valence-corrected chi connectivity index (χ3v) is 4.55. The molecule has 0 spiro atoms. The molecule has 0 aliphatic carbocycles. The van der Waals surface area contributed by atoms with Crippen LogP contribution in [0, 0.1) is 0 Å². The molecule has 0 aromatic rings. The second-order valence-electron chi connectivity index (χ2n) is 2.02. The summed E-state index contributed by atoms with van der Waals surface area (Å²) < 4.78 is 22.9. The molecule has 0 bridgehead atoms. The number of hydrogen-bond acceptors (Lipinski definition) is 3. The van der Waals surface area contributed by atoms with E-state index in [2.05, 4.69) is 15.9 Å². The number of alkyl halides is 1. The fraction of sp³-hybridized carbons (Fsp3) is 0.750. The molecule has 0 radical (unpaired) electrons. The first-order valence-electron chi connectivity index (χ1n) is 2.71. The van der Waals surface area contributed by atoms with Crippen molar-refractivity contribution in [3.05, 3.63) is 0 Å². The van der Waals surface area contributed by atoms with Gasteiger partial charge in [-0.1, -0.05) is 15.9 Å². The van der Waals surface area contributed by atoms with Crippen molar-refractivity contribution < 1.29 is 13.2 Å². The summed E-state index contributed by atoms with van der Waals surface area (Å²) in [4.78, 5) is 10.5. The Bertz CT molecular complexity index is 247. The highest BCUT2D eigenvalue weighted by Crippen LogP contribution is 2.18. The summed E-state index contributed by atoms with van der Waals surface area (Å²) in [6.07, 6.45) is 0.628. The number of hydrogen-bond donors (Lipinski definition) is 1. The first kappa shape index (κ1) is 8.00. The van der Waals surface area contributed by atoms with Crippen molar-refractivity contribution in [2.75, 3.05) is 0 Å². The molecule has 1 fully saturated rings. The van der Waals surface area contributed by atoms with Gasteiger partial charge in [-0.25, -0.2) is 8.42 Å². The summed E-state index contributed by atoms with van der Waals surface area (Å²) >= 11 is 2.93. The van der Waals surface area contributed by atoms with Crippen LogP contribution in [0.4, 0.5) is 0 Å². The van der Waals surface area contributed by atoms with Crippen LogP contribution in [0.15, 0.2) is 0 Å². The lowest BCUT2D eigenvalue weighted by molar-refractivity contribution is -0.119. The zero-order chi connectivity index (χ0) is 7.78. The molecule has 10 heavy (non-hydrogen) atoms. The standard InChI is InChI=1S/C4H6BrNO3S/c5-3-1-2-4(7)6-10(3,8)9/h3H,1-2H2,(H,6,7). The molecule has 1 aliphatic heterocycles. The fourth-order valence-electron chi connectivity index (χ4n) is 0.673. The second kappa shape index (κ2) is 2.50. The van der Waals surface area contributed by atoms with Gasteiger partial charge in [0.2, 0.25) is 15.9 Å². The van der Waals surface area contributed by atoms with E-state index in [-0.39, 0.29) is 6.42 Å². The van der Waals surface area contributed by atoms with E-state index in [0.29, 0.717) is 6.42 Å². The molecule has 1 saturated heterocycles. The zero-order valence-corrected chi connectivity index (χ0v) is 7.41. The maximum atomic E-state index is 10.8. The Morgan fingerprint density at radius 2 is 2.20 bits per heavy atom. The van der Waals surface area contributed by atoms with E-state index in [1.165, 1.54) is 0 Å². The van der Waals surface area contributed by atoms with Gasteiger partial charge in [0.25, 0.3) is 0 Å². The minimum atomic E-state index is -3.39. The van der Waals surface area contributed by atoms with Crippen molar-refractivity contribution in [3.8, 4) is 0 Å². The van der Waals surface area contributed by atoms with Gasteiger partial charge in [0.05, 0.1) is 0 Å². The number of rotatable bonds is 0. The third kappa shape index (κ3) is 1.49. The van der Waals surface area contributed by atoms with E-state index in [9.17, 15) is 13.2 Å². The van der Waals surface area contributed by atoms with Gasteiger partial charge >= 0.3 is 0 Å². The number of carbonyl (C=O) groups excluding carboxylic acids is 1. The van der Waals surface area contributed by atoms with E-state index >= 15 is 0 Å². The monoisotopic (exact) mass is 227 g/mol. The maximum Gasteiger partial charge on any atom is 0.247 e. The molecule has 1 amide bonds. The fourth-order valence-corrected chi connectivity index (χ4v) is 2.16. The van der Waals surface area contributed by atoms with E-state index < -0.39 is 20.1 Å². The van der Waals surface area contributed by atoms with Gasteiger partial charge in [0.15, 0.2) is 0 Å². The Balaban J connectivity index is 2.84. The van der Waals surface area contributed by atoms with E-state index in [4.69, 9.17) is 0 Å². The topological polar surface area (TPSA) is 63.2 Å². The lowest BCUT2D eigenvalue weighted by Crippen LogP contribution is -2.40. The Morgan fingerprint density at radius 1 is 1.60 bits per heavy atom. The predicted octanol–water partition coefficient (Wildman–Crippen LogP) is -0.0528. The molecule has 1 heterocycles. The van der Waals surface area contributed by atoms with Crippen LogP contribution < -0.4 is 4.72 Å². The minimum absolute atomic E-state index is 0.273. The summed E-state index contributed by atoms with van der Waals surface area (Å²) in [5, 5.41) is 0. The molecule has 6 heteroatoms. The highest BCUT2D eigenvalue weighted by Gasteiger charge is 2.29. The summed E-state index contributed by atoms with van der Waals surface area (Å²) in [6.45, 7) is 0. The van der Waals surface area contributed by atoms with Crippen LogP contribution in [0.5, 0.6) is 0 Å². The van der Waals surface area contributed by atoms with Gasteiger partial charge in [-0.2, -0.15) is 0 Å². The average molecular weight is 228 g/mol. The first-order chi connectivity index (χ1) is 4.52. The van der Waals surface area contributed by atoms with Crippen LogP contribution in [0.3, 0.4) is 0 Å². The molecule has 1 atom stereocenters. The molecule has 0 saturated carbocycles. The van der Waals surface area contributed by atoms with Gasteiger partial charge in [-0.15, -0.1) is 0 Å². The van der Waals surface area contributed by atoms with E-state index in [0.717, 1.165) is 0 Å². The molecule has 1 N–H and O–H groups in total. The average Bonchev–Trinajstić information content (AvgIpc) is 1.78. The minimum Gasteiger partial charge on any atom is -0.274 e. The predicted molar refractivity (Wildman–Crippen MR) is 39.0 cm³/mol. The summed E-state index contributed by atoms with van der Waals surface area (Å²) in [5.74, 6) is -0.421. The Labute approximate surface area is 67.2 Å². The number of sulfonamides is 1. The molecule has 0 aromatic carbocycles. The number of nitrogens with one attached hydrogen (secondary N) is 1. The number of halogens is 1. The van der Waals surface area contributed by atoms with Crippen LogP contribution in [0.1, 0.15) is 12.8 Å². The van der Waals surface area contributed by atoms with Gasteiger partial charge < -0.3 is 0 Å². The summed E-state index contributed by atoms with van der Waals surface area (Å²) in [7, 11) is -3.39. The Morgan fingerprint density at radius 3 is 2.60 bits per heavy atom. The quantitative estimate of drug-likeness (QED) is 0.591. The van der Waals surface area contributed by atoms with Gasteiger partial charge in [-0.3, -0.25) is 9.52 Å². The smallest absolute Gasteiger partial charge is 0.247 e. The lowest BCUT2D eigenvalue weighted by atomic mass is 10.3. The molecule has 4 nitrogen and oxygen atoms in total. The summed E-state index contributed by atoms with van der Waals surface area (Å²) in [6, 6.07) is 0. The van der Waals surface area contributed by atoms with Gasteiger partial charge in [0.1, 0.15) is 4.16 Å². The number of carbonyl (C=O) groups is 1. The van der Waals surface area contributed by atoms with Crippen LogP contribution in [-0.2, 0) is 14.8 Å². The third-order valence-electron chi connectivity index (χ3n) is 1.19. The SMILES string of the molecule is O=C1CCC(Br)S(=O)(=O)N1. The maximum absolute atomic E-state index is 10.8. The molecule has 0 aromatic heterocycles. The lowest BCUT2D eigenvalue weighted by Gasteiger charge is -2.16. The van der Waals surface area contributed by atoms with Crippen LogP contribution in [-0.4, -0.2) is 18.5 Å². The van der Waals surface area contributed by atoms with Crippen LogP contribution >= 0.6 is 15.9 Å². The summed E-state index contributed by atoms with van der Waals surface area (Å²) in [5.41, 5.74) is 0. The molecule has 1 unspecified atom stereocenters. The Kier molecular flexibility index (Phi) is 2.00. The normalized spacial score (nSPS) is 31.3. The second-order valence-corrected chi connectivity index (χ2v) is 5.59. The highest BCUT2D eigenvalue weighted by atomic mass is 79.9. The molecule has 1 rings (SSSR count). The highest BCUT2D eigenvalue weighted by molar-refractivity contribution is 9.11. The first-order valence-corrected chi connectivity index (χ1v) is 5.17. The molecule has 1 aliphatic rings. The van der Waals surface area contributed by atoms with Gasteiger partial charge in [-0.05, 0) is 6.42 Å². The largest absolute Gasteiger partial charge is 0.274 e. The van der Waals surface area contributed by atoms with Crippen molar-refractivity contribution in [3.63, 3.8) is 0 Å². The molecular formula is C4H6BrNO3S. The van der Waals surface area contributed by atoms with Crippen molar-refractivity contribution in [2.45, 2.75) is 17.0 Å². The molecule has 58 valence electrons. The molecular weight excluding hydrogens is 222 g/mol. The Hall–Kier alpha value is -0.100. The van der Waals surface area contributed by atoms with E-state index in [1.54, 1.807) is 0 Å². The van der Waals surface area contributed by atoms with E-state index in [1.807, 2.05) is 4.72 Å².